The number of carbonyl (C=O) groups is 1. The molecule has 3 unspecified atom stereocenters. The lowest BCUT2D eigenvalue weighted by molar-refractivity contribution is 0.137. The molecule has 7 nitrogen and oxygen atoms in total. The minimum Gasteiger partial charge on any atom is -0.444 e. The first-order chi connectivity index (χ1) is 10.6. The summed E-state index contributed by atoms with van der Waals surface area (Å²) in [6, 6.07) is 0.185. The second kappa shape index (κ2) is 4.84. The van der Waals surface area contributed by atoms with E-state index in [9.17, 15) is 4.79 Å². The molecular formula is C14H16BrN5O2. The second-order valence-corrected chi connectivity index (χ2v) is 6.63. The number of nitrogens with two attached hydrogens (primary N) is 1. The first-order valence-electron chi connectivity index (χ1n) is 7.31. The molecule has 2 aliphatic rings. The third-order valence-corrected chi connectivity index (χ3v) is 5.18. The van der Waals surface area contributed by atoms with Crippen LogP contribution in [-0.4, -0.2) is 44.1 Å². The van der Waals surface area contributed by atoms with Crippen molar-refractivity contribution in [3.05, 3.63) is 22.8 Å². The summed E-state index contributed by atoms with van der Waals surface area (Å²) in [7, 11) is 0. The number of hydrogen-bond acceptors (Lipinski definition) is 5. The maximum Gasteiger partial charge on any atom is 0.410 e. The monoisotopic (exact) mass is 365 g/mol. The molecule has 0 aliphatic carbocycles. The van der Waals surface area contributed by atoms with Crippen LogP contribution in [0.4, 0.5) is 10.6 Å². The summed E-state index contributed by atoms with van der Waals surface area (Å²) in [6.07, 6.45) is 5.16. The van der Waals surface area contributed by atoms with E-state index in [1.807, 2.05) is 22.4 Å². The van der Waals surface area contributed by atoms with Gasteiger partial charge in [-0.15, -0.1) is 0 Å². The molecule has 2 aliphatic heterocycles. The largest absolute Gasteiger partial charge is 0.444 e. The van der Waals surface area contributed by atoms with Crippen molar-refractivity contribution in [2.24, 2.45) is 0 Å². The number of halogens is 1. The second-order valence-electron chi connectivity index (χ2n) is 5.87. The van der Waals surface area contributed by atoms with Crippen LogP contribution in [0.5, 0.6) is 0 Å². The SMILES string of the molecule is CC1OC(=O)N2CC(c3nc(Br)c4c(N)nccn34)CCC12. The molecular weight excluding hydrogens is 350 g/mol. The standard InChI is InChI=1S/C14H16BrN5O2/c1-7-9-3-2-8(6-20(9)14(21)22-7)13-18-11(15)10-12(16)17-4-5-19(10)13/h4-5,7-9H,2-3,6H2,1H3,(H2,16,17). The van der Waals surface area contributed by atoms with Crippen LogP contribution < -0.4 is 5.73 Å². The summed E-state index contributed by atoms with van der Waals surface area (Å²) in [5, 5.41) is 0. The predicted molar refractivity (Wildman–Crippen MR) is 83.5 cm³/mol. The number of anilines is 1. The van der Waals surface area contributed by atoms with Crippen molar-refractivity contribution < 1.29 is 9.53 Å². The van der Waals surface area contributed by atoms with Gasteiger partial charge >= 0.3 is 6.09 Å². The first kappa shape index (κ1) is 13.8. The molecule has 2 aromatic rings. The van der Waals surface area contributed by atoms with Crippen LogP contribution in [0.3, 0.4) is 0 Å². The van der Waals surface area contributed by atoms with Crippen LogP contribution in [-0.2, 0) is 4.74 Å². The van der Waals surface area contributed by atoms with E-state index in [4.69, 9.17) is 10.5 Å². The summed E-state index contributed by atoms with van der Waals surface area (Å²) in [5.41, 5.74) is 6.71. The zero-order valence-electron chi connectivity index (χ0n) is 12.1. The number of carbonyl (C=O) groups excluding carboxylic acids is 1. The fraction of sp³-hybridized carbons (Fsp3) is 0.500. The molecule has 2 N–H and O–H groups in total. The number of aromatic nitrogens is 3. The predicted octanol–water partition coefficient (Wildman–Crippen LogP) is 2.16. The molecule has 116 valence electrons. The molecule has 0 bridgehead atoms. The Morgan fingerprint density at radius 1 is 1.45 bits per heavy atom. The van der Waals surface area contributed by atoms with Crippen molar-refractivity contribution >= 4 is 33.4 Å². The van der Waals surface area contributed by atoms with E-state index >= 15 is 0 Å². The highest BCUT2D eigenvalue weighted by atomic mass is 79.9. The summed E-state index contributed by atoms with van der Waals surface area (Å²) in [5.74, 6) is 1.51. The Kier molecular flexibility index (Phi) is 3.04. The Labute approximate surface area is 135 Å². The van der Waals surface area contributed by atoms with Crippen LogP contribution in [0.15, 0.2) is 17.0 Å². The van der Waals surface area contributed by atoms with Crippen molar-refractivity contribution in [3.8, 4) is 0 Å². The molecule has 2 fully saturated rings. The Balaban J connectivity index is 1.72. The average Bonchev–Trinajstić information content (AvgIpc) is 2.98. The van der Waals surface area contributed by atoms with Gasteiger partial charge < -0.3 is 15.4 Å². The van der Waals surface area contributed by atoms with Gasteiger partial charge in [-0.3, -0.25) is 4.40 Å². The summed E-state index contributed by atoms with van der Waals surface area (Å²) < 4.78 is 7.97. The molecule has 2 aromatic heterocycles. The molecule has 4 rings (SSSR count). The Morgan fingerprint density at radius 2 is 2.27 bits per heavy atom. The van der Waals surface area contributed by atoms with Crippen molar-refractivity contribution in [1.29, 1.82) is 0 Å². The van der Waals surface area contributed by atoms with Crippen molar-refractivity contribution in [3.63, 3.8) is 0 Å². The van der Waals surface area contributed by atoms with E-state index in [1.54, 1.807) is 6.20 Å². The molecule has 3 atom stereocenters. The number of nitrogen functional groups attached to an aromatic ring is 1. The van der Waals surface area contributed by atoms with E-state index in [1.165, 1.54) is 0 Å². The van der Waals surface area contributed by atoms with Gasteiger partial charge in [-0.25, -0.2) is 14.8 Å². The summed E-state index contributed by atoms with van der Waals surface area (Å²) >= 11 is 3.46. The molecule has 2 saturated heterocycles. The molecule has 22 heavy (non-hydrogen) atoms. The van der Waals surface area contributed by atoms with Gasteiger partial charge in [-0.1, -0.05) is 0 Å². The number of amides is 1. The fourth-order valence-electron chi connectivity index (χ4n) is 3.54. The third kappa shape index (κ3) is 1.89. The van der Waals surface area contributed by atoms with Crippen molar-refractivity contribution in [2.45, 2.75) is 37.8 Å². The first-order valence-corrected chi connectivity index (χ1v) is 8.10. The quantitative estimate of drug-likeness (QED) is 0.836. The molecule has 0 radical (unpaired) electrons. The van der Waals surface area contributed by atoms with E-state index in [2.05, 4.69) is 25.9 Å². The number of cyclic esters (lactones) is 1. The Morgan fingerprint density at radius 3 is 3.09 bits per heavy atom. The lowest BCUT2D eigenvalue weighted by Crippen LogP contribution is -2.43. The summed E-state index contributed by atoms with van der Waals surface area (Å²) in [4.78, 5) is 22.5. The van der Waals surface area contributed by atoms with Gasteiger partial charge in [0.2, 0.25) is 0 Å². The van der Waals surface area contributed by atoms with Gasteiger partial charge in [0.1, 0.15) is 22.0 Å². The van der Waals surface area contributed by atoms with Crippen molar-refractivity contribution in [2.75, 3.05) is 12.3 Å². The number of nitrogens with zero attached hydrogens (tertiary/aromatic N) is 4. The highest BCUT2D eigenvalue weighted by Gasteiger charge is 2.44. The zero-order valence-corrected chi connectivity index (χ0v) is 13.7. The maximum absolute atomic E-state index is 12.0. The Bertz CT molecular complexity index is 761. The maximum atomic E-state index is 12.0. The minimum atomic E-state index is -0.219. The molecule has 0 aromatic carbocycles. The lowest BCUT2D eigenvalue weighted by atomic mass is 9.91. The number of ether oxygens (including phenoxy) is 1. The van der Waals surface area contributed by atoms with Crippen LogP contribution in [0.1, 0.15) is 31.5 Å². The van der Waals surface area contributed by atoms with E-state index in [0.29, 0.717) is 17.0 Å². The van der Waals surface area contributed by atoms with Gasteiger partial charge in [0.05, 0.1) is 6.04 Å². The highest BCUT2D eigenvalue weighted by Crippen LogP contribution is 2.36. The molecule has 8 heteroatoms. The molecule has 1 amide bonds. The number of imidazole rings is 1. The summed E-state index contributed by atoms with van der Waals surface area (Å²) in [6.45, 7) is 2.58. The number of hydrogen-bond donors (Lipinski definition) is 1. The normalized spacial score (nSPS) is 28.0. The van der Waals surface area contributed by atoms with Crippen LogP contribution >= 0.6 is 15.9 Å². The minimum absolute atomic E-state index is 0.0305. The average molecular weight is 366 g/mol. The number of piperidine rings is 1. The van der Waals surface area contributed by atoms with Gasteiger partial charge in [-0.2, -0.15) is 0 Å². The third-order valence-electron chi connectivity index (χ3n) is 4.62. The van der Waals surface area contributed by atoms with Crippen LogP contribution in [0.2, 0.25) is 0 Å². The number of fused-ring (bicyclic) bond motifs is 2. The zero-order chi connectivity index (χ0) is 15.4. The highest BCUT2D eigenvalue weighted by molar-refractivity contribution is 9.10. The van der Waals surface area contributed by atoms with Crippen LogP contribution in [0.25, 0.3) is 5.52 Å². The van der Waals surface area contributed by atoms with Gasteiger partial charge in [0.25, 0.3) is 0 Å². The molecule has 0 saturated carbocycles. The topological polar surface area (TPSA) is 85.8 Å². The van der Waals surface area contributed by atoms with E-state index < -0.39 is 0 Å². The van der Waals surface area contributed by atoms with Crippen molar-refractivity contribution in [1.82, 2.24) is 19.3 Å². The Hall–Kier alpha value is -1.83. The van der Waals surface area contributed by atoms with E-state index in [0.717, 1.165) is 24.2 Å². The molecule has 0 spiro atoms. The number of rotatable bonds is 1. The van der Waals surface area contributed by atoms with Gasteiger partial charge in [0, 0.05) is 24.9 Å². The van der Waals surface area contributed by atoms with Gasteiger partial charge in [0.15, 0.2) is 5.82 Å². The van der Waals surface area contributed by atoms with E-state index in [-0.39, 0.29) is 24.2 Å². The molecule has 4 heterocycles. The fourth-order valence-corrected chi connectivity index (χ4v) is 4.11. The van der Waals surface area contributed by atoms with Crippen LogP contribution in [0, 0.1) is 0 Å². The van der Waals surface area contributed by atoms with Gasteiger partial charge in [-0.05, 0) is 35.7 Å². The lowest BCUT2D eigenvalue weighted by Gasteiger charge is -2.33. The smallest absolute Gasteiger partial charge is 0.410 e.